The van der Waals surface area contributed by atoms with Crippen LogP contribution < -0.4 is 15.0 Å². The molecule has 3 rings (SSSR count). The molecule has 0 aliphatic rings. The van der Waals surface area contributed by atoms with Crippen LogP contribution in [0.15, 0.2) is 82.8 Å². The van der Waals surface area contributed by atoms with Gasteiger partial charge >= 0.3 is 0 Å². The van der Waals surface area contributed by atoms with Gasteiger partial charge in [0.05, 0.1) is 16.3 Å². The summed E-state index contributed by atoms with van der Waals surface area (Å²) in [6.45, 7) is 4.31. The Morgan fingerprint density at radius 2 is 1.60 bits per heavy atom. The van der Waals surface area contributed by atoms with Crippen LogP contribution in [0.3, 0.4) is 0 Å². The van der Waals surface area contributed by atoms with Crippen LogP contribution in [0.1, 0.15) is 25.0 Å². The predicted molar refractivity (Wildman–Crippen MR) is 138 cm³/mol. The fourth-order valence-corrected chi connectivity index (χ4v) is 4.93. The van der Waals surface area contributed by atoms with Crippen molar-refractivity contribution in [3.8, 4) is 0 Å². The van der Waals surface area contributed by atoms with E-state index in [1.807, 2.05) is 0 Å². The normalized spacial score (nSPS) is 11.6. The zero-order valence-corrected chi connectivity index (χ0v) is 21.0. The van der Waals surface area contributed by atoms with Gasteiger partial charge in [0.15, 0.2) is 0 Å². The first kappa shape index (κ1) is 25.9. The average Bonchev–Trinajstić information content (AvgIpc) is 2.83. The minimum absolute atomic E-state index is 0.0473. The summed E-state index contributed by atoms with van der Waals surface area (Å²) < 4.78 is 27.9. The number of rotatable bonds is 8. The van der Waals surface area contributed by atoms with E-state index in [1.54, 1.807) is 74.5 Å². The van der Waals surface area contributed by atoms with Crippen molar-refractivity contribution in [3.63, 3.8) is 0 Å². The number of anilines is 2. The van der Waals surface area contributed by atoms with E-state index in [-0.39, 0.29) is 10.8 Å². The third-order valence-electron chi connectivity index (χ3n) is 5.10. The number of nitrogens with one attached hydrogen (secondary N) is 2. The Hall–Kier alpha value is -3.69. The Kier molecular flexibility index (Phi) is 8.26. The van der Waals surface area contributed by atoms with Crippen LogP contribution in [-0.4, -0.2) is 32.5 Å². The number of benzene rings is 3. The van der Waals surface area contributed by atoms with Crippen LogP contribution in [0.25, 0.3) is 0 Å². The minimum Gasteiger partial charge on any atom is -0.326 e. The van der Waals surface area contributed by atoms with Crippen LogP contribution in [0.2, 0.25) is 5.02 Å². The number of hydrogen-bond acceptors (Lipinski definition) is 5. The number of carbonyl (C=O) groups is 2. The highest BCUT2D eigenvalue weighted by Crippen LogP contribution is 2.30. The molecule has 0 radical (unpaired) electrons. The first-order valence-corrected chi connectivity index (χ1v) is 12.5. The average molecular weight is 513 g/mol. The number of halogens is 1. The maximum Gasteiger partial charge on any atom is 0.264 e. The Balaban J connectivity index is 1.84. The quantitative estimate of drug-likeness (QED) is 0.345. The number of hydrogen-bond donors (Lipinski definition) is 2. The summed E-state index contributed by atoms with van der Waals surface area (Å²) in [6, 6.07) is 19.7. The molecule has 0 saturated heterocycles. The van der Waals surface area contributed by atoms with Gasteiger partial charge in [-0.2, -0.15) is 5.10 Å². The minimum atomic E-state index is -4.06. The molecule has 182 valence electrons. The van der Waals surface area contributed by atoms with E-state index in [0.29, 0.717) is 27.7 Å². The van der Waals surface area contributed by atoms with Crippen LogP contribution in [0, 0.1) is 6.92 Å². The van der Waals surface area contributed by atoms with Gasteiger partial charge in [0, 0.05) is 17.6 Å². The number of amides is 2. The SMILES string of the molecule is CC(=O)Nc1ccc(/C(C)=N\NC(=O)CN(c2cccc(Cl)c2C)S(=O)(=O)c2ccccc2)cc1. The largest absolute Gasteiger partial charge is 0.326 e. The van der Waals surface area contributed by atoms with Gasteiger partial charge in [-0.25, -0.2) is 13.8 Å². The van der Waals surface area contributed by atoms with Gasteiger partial charge in [-0.1, -0.05) is 48.0 Å². The van der Waals surface area contributed by atoms with E-state index < -0.39 is 22.5 Å². The third kappa shape index (κ3) is 6.46. The summed E-state index contributed by atoms with van der Waals surface area (Å²) in [5.74, 6) is -0.807. The van der Waals surface area contributed by atoms with Crippen LogP contribution in [0.5, 0.6) is 0 Å². The summed E-state index contributed by atoms with van der Waals surface area (Å²) in [7, 11) is -4.06. The number of hydrazone groups is 1. The highest BCUT2D eigenvalue weighted by atomic mass is 35.5. The maximum atomic E-state index is 13.4. The molecule has 8 nitrogen and oxygen atoms in total. The molecule has 3 aromatic rings. The summed E-state index contributed by atoms with van der Waals surface area (Å²) in [6.07, 6.45) is 0. The molecular weight excluding hydrogens is 488 g/mol. The Labute approximate surface area is 209 Å². The lowest BCUT2D eigenvalue weighted by molar-refractivity contribution is -0.119. The molecule has 0 bridgehead atoms. The molecule has 35 heavy (non-hydrogen) atoms. The van der Waals surface area contributed by atoms with E-state index in [2.05, 4.69) is 15.8 Å². The molecule has 0 aliphatic carbocycles. The second-order valence-electron chi connectivity index (χ2n) is 7.70. The van der Waals surface area contributed by atoms with Crippen molar-refractivity contribution in [1.29, 1.82) is 0 Å². The van der Waals surface area contributed by atoms with Gasteiger partial charge in [-0.05, 0) is 61.4 Å². The van der Waals surface area contributed by atoms with E-state index in [4.69, 9.17) is 11.6 Å². The third-order valence-corrected chi connectivity index (χ3v) is 7.28. The zero-order chi connectivity index (χ0) is 25.6. The Bertz CT molecular complexity index is 1360. The molecule has 0 saturated carbocycles. The first-order chi connectivity index (χ1) is 16.6. The monoisotopic (exact) mass is 512 g/mol. The van der Waals surface area contributed by atoms with Crippen LogP contribution in [0.4, 0.5) is 11.4 Å². The van der Waals surface area contributed by atoms with E-state index >= 15 is 0 Å². The van der Waals surface area contributed by atoms with Gasteiger partial charge in [-0.15, -0.1) is 0 Å². The lowest BCUT2D eigenvalue weighted by atomic mass is 10.1. The highest BCUT2D eigenvalue weighted by molar-refractivity contribution is 7.92. The lowest BCUT2D eigenvalue weighted by Gasteiger charge is -2.25. The topological polar surface area (TPSA) is 108 Å². The van der Waals surface area contributed by atoms with Crippen molar-refractivity contribution in [2.24, 2.45) is 5.10 Å². The molecule has 0 aromatic heterocycles. The standard InChI is InChI=1S/C25H25ClN4O4S/c1-17-23(26)10-7-11-24(17)30(35(33,34)22-8-5-4-6-9-22)16-25(32)29-28-18(2)20-12-14-21(15-13-20)27-19(3)31/h4-15H,16H2,1-3H3,(H,27,31)(H,29,32)/b28-18-. The van der Waals surface area contributed by atoms with Gasteiger partial charge < -0.3 is 5.32 Å². The molecule has 2 amide bonds. The highest BCUT2D eigenvalue weighted by Gasteiger charge is 2.28. The Morgan fingerprint density at radius 3 is 2.23 bits per heavy atom. The molecule has 0 fully saturated rings. The second-order valence-corrected chi connectivity index (χ2v) is 9.97. The Morgan fingerprint density at radius 1 is 0.943 bits per heavy atom. The second kappa shape index (κ2) is 11.2. The van der Waals surface area contributed by atoms with Gasteiger partial charge in [-0.3, -0.25) is 13.9 Å². The molecule has 0 atom stereocenters. The van der Waals surface area contributed by atoms with E-state index in [1.165, 1.54) is 19.1 Å². The van der Waals surface area contributed by atoms with Crippen molar-refractivity contribution < 1.29 is 18.0 Å². The molecule has 0 unspecified atom stereocenters. The fraction of sp³-hybridized carbons (Fsp3) is 0.160. The lowest BCUT2D eigenvalue weighted by Crippen LogP contribution is -2.40. The maximum absolute atomic E-state index is 13.4. The predicted octanol–water partition coefficient (Wildman–Crippen LogP) is 4.34. The summed E-state index contributed by atoms with van der Waals surface area (Å²) in [4.78, 5) is 24.0. The molecule has 10 heteroatoms. The fourth-order valence-electron chi connectivity index (χ4n) is 3.26. The molecule has 0 aliphatic heterocycles. The number of carbonyl (C=O) groups excluding carboxylic acids is 2. The molecule has 2 N–H and O–H groups in total. The number of sulfonamides is 1. The van der Waals surface area contributed by atoms with Crippen molar-refractivity contribution in [2.75, 3.05) is 16.2 Å². The first-order valence-electron chi connectivity index (χ1n) is 10.6. The van der Waals surface area contributed by atoms with E-state index in [0.717, 1.165) is 9.87 Å². The summed E-state index contributed by atoms with van der Waals surface area (Å²) >= 11 is 6.23. The van der Waals surface area contributed by atoms with Crippen LogP contribution >= 0.6 is 11.6 Å². The van der Waals surface area contributed by atoms with E-state index in [9.17, 15) is 18.0 Å². The van der Waals surface area contributed by atoms with Gasteiger partial charge in [0.25, 0.3) is 15.9 Å². The van der Waals surface area contributed by atoms with Crippen molar-refractivity contribution >= 4 is 50.5 Å². The summed E-state index contributed by atoms with van der Waals surface area (Å²) in [5, 5.41) is 7.16. The smallest absolute Gasteiger partial charge is 0.264 e. The molecular formula is C25H25ClN4O4S. The molecule has 0 heterocycles. The van der Waals surface area contributed by atoms with Crippen molar-refractivity contribution in [2.45, 2.75) is 25.7 Å². The van der Waals surface area contributed by atoms with Crippen molar-refractivity contribution in [1.82, 2.24) is 5.43 Å². The van der Waals surface area contributed by atoms with Gasteiger partial charge in [0.1, 0.15) is 6.54 Å². The summed E-state index contributed by atoms with van der Waals surface area (Å²) in [5.41, 5.74) is 5.11. The zero-order valence-electron chi connectivity index (χ0n) is 19.4. The van der Waals surface area contributed by atoms with Crippen LogP contribution in [-0.2, 0) is 19.6 Å². The number of nitrogens with zero attached hydrogens (tertiary/aromatic N) is 2. The van der Waals surface area contributed by atoms with Crippen molar-refractivity contribution in [3.05, 3.63) is 88.9 Å². The molecule has 3 aromatic carbocycles. The molecule has 0 spiro atoms. The van der Waals surface area contributed by atoms with Gasteiger partial charge in [0.2, 0.25) is 5.91 Å².